The first-order valence-electron chi connectivity index (χ1n) is 12.1. The number of carbonyl (C=O) groups is 1. The molecular formula is C27H23F2N7O. The van der Waals surface area contributed by atoms with Crippen LogP contribution in [-0.4, -0.2) is 42.9 Å². The molecule has 0 radical (unpaired) electrons. The largest absolute Gasteiger partial charge is 0.365 e. The van der Waals surface area contributed by atoms with E-state index in [0.29, 0.717) is 28.7 Å². The maximum Gasteiger partial charge on any atom is 0.270 e. The number of pyridine rings is 2. The van der Waals surface area contributed by atoms with Crippen LogP contribution in [0.4, 0.5) is 14.6 Å². The summed E-state index contributed by atoms with van der Waals surface area (Å²) in [6, 6.07) is 10.7. The summed E-state index contributed by atoms with van der Waals surface area (Å²) >= 11 is 0. The van der Waals surface area contributed by atoms with Gasteiger partial charge >= 0.3 is 0 Å². The van der Waals surface area contributed by atoms with Crippen LogP contribution in [0.2, 0.25) is 0 Å². The van der Waals surface area contributed by atoms with Crippen LogP contribution in [0.25, 0.3) is 33.2 Å². The number of nitrogens with one attached hydrogen (secondary N) is 3. The highest BCUT2D eigenvalue weighted by Crippen LogP contribution is 2.28. The molecule has 1 aliphatic carbocycles. The molecule has 186 valence electrons. The zero-order valence-corrected chi connectivity index (χ0v) is 19.7. The van der Waals surface area contributed by atoms with E-state index in [0.717, 1.165) is 42.4 Å². The second-order valence-corrected chi connectivity index (χ2v) is 9.24. The molecule has 3 N–H and O–H groups in total. The van der Waals surface area contributed by atoms with Crippen LogP contribution in [0.1, 0.15) is 36.2 Å². The summed E-state index contributed by atoms with van der Waals surface area (Å²) in [4.78, 5) is 32.6. The zero-order chi connectivity index (χ0) is 25.4. The van der Waals surface area contributed by atoms with Crippen molar-refractivity contribution in [2.45, 2.75) is 37.8 Å². The first-order chi connectivity index (χ1) is 18.0. The highest BCUT2D eigenvalue weighted by Gasteiger charge is 2.25. The highest BCUT2D eigenvalue weighted by molar-refractivity contribution is 5.96. The van der Waals surface area contributed by atoms with E-state index in [1.54, 1.807) is 18.5 Å². The van der Waals surface area contributed by atoms with Crippen molar-refractivity contribution in [2.75, 3.05) is 5.32 Å². The summed E-state index contributed by atoms with van der Waals surface area (Å²) in [5.41, 5.74) is 1.39. The van der Waals surface area contributed by atoms with Crippen molar-refractivity contribution in [1.82, 2.24) is 30.2 Å². The van der Waals surface area contributed by atoms with E-state index < -0.39 is 11.6 Å². The average molecular weight is 500 g/mol. The van der Waals surface area contributed by atoms with Crippen molar-refractivity contribution in [3.05, 3.63) is 78.5 Å². The minimum Gasteiger partial charge on any atom is -0.365 e. The van der Waals surface area contributed by atoms with Crippen LogP contribution >= 0.6 is 0 Å². The van der Waals surface area contributed by atoms with Crippen LogP contribution < -0.4 is 10.6 Å². The fourth-order valence-electron chi connectivity index (χ4n) is 4.87. The van der Waals surface area contributed by atoms with Gasteiger partial charge in [-0.2, -0.15) is 0 Å². The lowest BCUT2D eigenvalue weighted by atomic mass is 9.91. The number of nitrogens with zero attached hydrogens (tertiary/aromatic N) is 4. The molecule has 0 spiro atoms. The number of hydrogen-bond donors (Lipinski definition) is 3. The van der Waals surface area contributed by atoms with Gasteiger partial charge in [0.15, 0.2) is 17.5 Å². The third kappa shape index (κ3) is 4.69. The summed E-state index contributed by atoms with van der Waals surface area (Å²) in [5, 5.41) is 8.70. The van der Waals surface area contributed by atoms with Gasteiger partial charge in [0.05, 0.1) is 12.4 Å². The van der Waals surface area contributed by atoms with E-state index in [4.69, 9.17) is 0 Å². The Kier molecular flexibility index (Phi) is 5.91. The minimum atomic E-state index is -0.584. The molecule has 0 bridgehead atoms. The van der Waals surface area contributed by atoms with Crippen molar-refractivity contribution in [1.29, 1.82) is 0 Å². The molecule has 6 rings (SSSR count). The Bertz CT molecular complexity index is 1620. The molecule has 1 amide bonds. The molecular weight excluding hydrogens is 476 g/mol. The molecule has 0 saturated heterocycles. The van der Waals surface area contributed by atoms with E-state index in [1.165, 1.54) is 6.07 Å². The van der Waals surface area contributed by atoms with Gasteiger partial charge < -0.3 is 15.6 Å². The van der Waals surface area contributed by atoms with Crippen molar-refractivity contribution in [3.8, 4) is 11.4 Å². The maximum absolute atomic E-state index is 14.7. The van der Waals surface area contributed by atoms with Gasteiger partial charge in [0, 0.05) is 40.8 Å². The van der Waals surface area contributed by atoms with Gasteiger partial charge in [-0.25, -0.2) is 23.7 Å². The summed E-state index contributed by atoms with van der Waals surface area (Å²) < 4.78 is 28.4. The molecule has 10 heteroatoms. The summed E-state index contributed by atoms with van der Waals surface area (Å²) in [6.07, 6.45) is 8.65. The standard InChI is InChI=1S/C27H23F2N7O/c28-17-9-20-21(13-32-24(20)31-12-17)25-33-14-22(29)26(36-25)34-18-6-3-7-19(10-18)35-27(37)23-8-15-4-1-2-5-16(15)11-30-23/h1-2,4-5,8-9,11-14,18-19H,3,6-7,10H2,(H,31,32)(H,35,37)(H,33,34,36)/t18-,19+/m1/s1. The second kappa shape index (κ2) is 9.53. The van der Waals surface area contributed by atoms with Crippen molar-refractivity contribution >= 4 is 33.5 Å². The van der Waals surface area contributed by atoms with Crippen LogP contribution in [0.3, 0.4) is 0 Å². The average Bonchev–Trinajstić information content (AvgIpc) is 3.33. The molecule has 0 aliphatic heterocycles. The van der Waals surface area contributed by atoms with E-state index in [-0.39, 0.29) is 29.6 Å². The molecule has 0 unspecified atom stereocenters. The van der Waals surface area contributed by atoms with Crippen LogP contribution in [0.15, 0.2) is 61.2 Å². The zero-order valence-electron chi connectivity index (χ0n) is 19.7. The molecule has 5 aromatic rings. The molecule has 4 heterocycles. The van der Waals surface area contributed by atoms with Crippen LogP contribution in [0.5, 0.6) is 0 Å². The minimum absolute atomic E-state index is 0.0666. The highest BCUT2D eigenvalue weighted by atomic mass is 19.1. The number of rotatable bonds is 5. The Labute approximate surface area is 210 Å². The quantitative estimate of drug-likeness (QED) is 0.314. The predicted molar refractivity (Wildman–Crippen MR) is 136 cm³/mol. The van der Waals surface area contributed by atoms with Crippen molar-refractivity contribution < 1.29 is 13.6 Å². The van der Waals surface area contributed by atoms with Gasteiger partial charge in [0.1, 0.15) is 17.2 Å². The normalized spacial score (nSPS) is 17.7. The van der Waals surface area contributed by atoms with E-state index in [2.05, 4.69) is 35.6 Å². The molecule has 4 aromatic heterocycles. The maximum atomic E-state index is 14.7. The molecule has 1 aromatic carbocycles. The molecule has 37 heavy (non-hydrogen) atoms. The lowest BCUT2D eigenvalue weighted by Gasteiger charge is -2.30. The van der Waals surface area contributed by atoms with Crippen LogP contribution in [-0.2, 0) is 0 Å². The number of aromatic nitrogens is 5. The van der Waals surface area contributed by atoms with Gasteiger partial charge in [0.25, 0.3) is 5.91 Å². The molecule has 2 atom stereocenters. The number of amides is 1. The number of carbonyl (C=O) groups excluding carboxylic acids is 1. The van der Waals surface area contributed by atoms with Crippen molar-refractivity contribution in [2.24, 2.45) is 0 Å². The Hall–Kier alpha value is -4.47. The summed E-state index contributed by atoms with van der Waals surface area (Å²) in [7, 11) is 0. The van der Waals surface area contributed by atoms with Gasteiger partial charge in [-0.3, -0.25) is 9.78 Å². The number of fused-ring (bicyclic) bond motifs is 2. The number of H-pyrrole nitrogens is 1. The Balaban J connectivity index is 1.16. The molecule has 8 nitrogen and oxygen atoms in total. The van der Waals surface area contributed by atoms with Gasteiger partial charge in [0.2, 0.25) is 0 Å². The van der Waals surface area contributed by atoms with Crippen LogP contribution in [0, 0.1) is 11.6 Å². The third-order valence-electron chi connectivity index (χ3n) is 6.70. The fourth-order valence-corrected chi connectivity index (χ4v) is 4.87. The number of hydrogen-bond acceptors (Lipinski definition) is 6. The number of benzene rings is 1. The Morgan fingerprint density at radius 1 is 0.973 bits per heavy atom. The van der Waals surface area contributed by atoms with Crippen molar-refractivity contribution in [3.63, 3.8) is 0 Å². The van der Waals surface area contributed by atoms with Gasteiger partial charge in [-0.15, -0.1) is 0 Å². The van der Waals surface area contributed by atoms with E-state index >= 15 is 0 Å². The fraction of sp³-hybridized carbons (Fsp3) is 0.222. The van der Waals surface area contributed by atoms with E-state index in [9.17, 15) is 13.6 Å². The summed E-state index contributed by atoms with van der Waals surface area (Å²) in [6.45, 7) is 0. The lowest BCUT2D eigenvalue weighted by molar-refractivity contribution is 0.0921. The first-order valence-corrected chi connectivity index (χ1v) is 12.1. The Morgan fingerprint density at radius 3 is 2.70 bits per heavy atom. The molecule has 1 aliphatic rings. The monoisotopic (exact) mass is 499 g/mol. The first kappa shape index (κ1) is 23.0. The number of halogens is 2. The third-order valence-corrected chi connectivity index (χ3v) is 6.70. The number of aromatic amines is 1. The second-order valence-electron chi connectivity index (χ2n) is 9.24. The van der Waals surface area contributed by atoms with Gasteiger partial charge in [-0.05, 0) is 43.2 Å². The SMILES string of the molecule is O=C(N[C@H]1CCC[C@@H](Nc2nc(-c3c[nH]c4ncc(F)cc34)ncc2F)C1)c1cc2ccccc2cn1. The van der Waals surface area contributed by atoms with Gasteiger partial charge in [-0.1, -0.05) is 24.3 Å². The smallest absolute Gasteiger partial charge is 0.270 e. The Morgan fingerprint density at radius 2 is 1.81 bits per heavy atom. The van der Waals surface area contributed by atoms with E-state index in [1.807, 2.05) is 24.3 Å². The molecule has 1 saturated carbocycles. The number of anilines is 1. The topological polar surface area (TPSA) is 108 Å². The predicted octanol–water partition coefficient (Wildman–Crippen LogP) is 5.00. The molecule has 1 fully saturated rings. The lowest BCUT2D eigenvalue weighted by Crippen LogP contribution is -2.42. The summed E-state index contributed by atoms with van der Waals surface area (Å²) in [5.74, 6) is -0.975.